The normalized spacial score (nSPS) is 14.9. The highest BCUT2D eigenvalue weighted by atomic mass is 79.9. The van der Waals surface area contributed by atoms with Gasteiger partial charge in [-0.3, -0.25) is 0 Å². The maximum Gasteiger partial charge on any atom is 0.170 e. The molecular formula is C12H13BrFN5. The predicted molar refractivity (Wildman–Crippen MR) is 71.4 cm³/mol. The molecule has 5 nitrogen and oxygen atoms in total. The van der Waals surface area contributed by atoms with Gasteiger partial charge in [-0.05, 0) is 63.8 Å². The van der Waals surface area contributed by atoms with E-state index in [1.165, 1.54) is 18.9 Å². The number of aryl methyl sites for hydroxylation is 1. The molecule has 0 radical (unpaired) electrons. The van der Waals surface area contributed by atoms with E-state index in [4.69, 9.17) is 0 Å². The summed E-state index contributed by atoms with van der Waals surface area (Å²) in [6, 6.07) is 3.76. The van der Waals surface area contributed by atoms with Crippen LogP contribution in [-0.4, -0.2) is 26.2 Å². The smallest absolute Gasteiger partial charge is 0.170 e. The molecule has 1 aromatic carbocycles. The molecule has 0 aliphatic heterocycles. The zero-order valence-electron chi connectivity index (χ0n) is 10.4. The summed E-state index contributed by atoms with van der Waals surface area (Å²) >= 11 is 3.19. The first-order chi connectivity index (χ1) is 9.15. The van der Waals surface area contributed by atoms with Crippen molar-refractivity contribution in [1.29, 1.82) is 0 Å². The monoisotopic (exact) mass is 325 g/mol. The van der Waals surface area contributed by atoms with Gasteiger partial charge in [-0.1, -0.05) is 0 Å². The summed E-state index contributed by atoms with van der Waals surface area (Å²) in [7, 11) is 0. The molecule has 0 bridgehead atoms. The average Bonchev–Trinajstić information content (AvgIpc) is 3.09. The van der Waals surface area contributed by atoms with Crippen molar-refractivity contribution in [3.05, 3.63) is 33.8 Å². The SMILES string of the molecule is Cc1cc(F)c(Br)cc1-n1nnnc1CNC1CC1. The van der Waals surface area contributed by atoms with Crippen molar-refractivity contribution in [1.82, 2.24) is 25.5 Å². The van der Waals surface area contributed by atoms with Gasteiger partial charge in [-0.2, -0.15) is 4.68 Å². The minimum absolute atomic E-state index is 0.285. The Hall–Kier alpha value is -1.34. The van der Waals surface area contributed by atoms with Gasteiger partial charge in [0.2, 0.25) is 0 Å². The second kappa shape index (κ2) is 4.97. The first-order valence-corrected chi connectivity index (χ1v) is 6.91. The quantitative estimate of drug-likeness (QED) is 0.935. The van der Waals surface area contributed by atoms with Gasteiger partial charge in [-0.15, -0.1) is 5.10 Å². The van der Waals surface area contributed by atoms with Crippen molar-refractivity contribution < 1.29 is 4.39 Å². The number of rotatable bonds is 4. The van der Waals surface area contributed by atoms with E-state index in [1.54, 1.807) is 10.7 Å². The number of nitrogens with one attached hydrogen (secondary N) is 1. The lowest BCUT2D eigenvalue weighted by Gasteiger charge is -2.09. The van der Waals surface area contributed by atoms with E-state index in [0.29, 0.717) is 17.1 Å². The summed E-state index contributed by atoms with van der Waals surface area (Å²) in [5, 5.41) is 15.1. The summed E-state index contributed by atoms with van der Waals surface area (Å²) in [5.74, 6) is 0.445. The van der Waals surface area contributed by atoms with Crippen molar-refractivity contribution in [3.63, 3.8) is 0 Å². The van der Waals surface area contributed by atoms with Crippen LogP contribution >= 0.6 is 15.9 Å². The van der Waals surface area contributed by atoms with Crippen molar-refractivity contribution in [2.75, 3.05) is 0 Å². The Morgan fingerprint density at radius 1 is 1.47 bits per heavy atom. The number of aromatic nitrogens is 4. The zero-order chi connectivity index (χ0) is 13.4. The van der Waals surface area contributed by atoms with Gasteiger partial charge in [0.15, 0.2) is 5.82 Å². The van der Waals surface area contributed by atoms with Crippen LogP contribution in [-0.2, 0) is 6.54 Å². The Balaban J connectivity index is 1.92. The number of tetrazole rings is 1. The Morgan fingerprint density at radius 2 is 2.26 bits per heavy atom. The molecule has 1 aromatic heterocycles. The summed E-state index contributed by atoms with van der Waals surface area (Å²) in [6.45, 7) is 2.46. The molecule has 19 heavy (non-hydrogen) atoms. The summed E-state index contributed by atoms with van der Waals surface area (Å²) in [5.41, 5.74) is 1.58. The highest BCUT2D eigenvalue weighted by Gasteiger charge is 2.21. The third-order valence-corrected chi connectivity index (χ3v) is 3.74. The van der Waals surface area contributed by atoms with Crippen LogP contribution in [0, 0.1) is 12.7 Å². The molecule has 1 fully saturated rings. The minimum Gasteiger partial charge on any atom is -0.307 e. The molecule has 1 heterocycles. The van der Waals surface area contributed by atoms with Gasteiger partial charge in [0, 0.05) is 6.04 Å². The standard InChI is InChI=1S/C12H13BrFN5/c1-7-4-10(14)9(13)5-11(7)19-12(16-17-18-19)6-15-8-2-3-8/h4-5,8,15H,2-3,6H2,1H3. The van der Waals surface area contributed by atoms with Crippen LogP contribution in [0.3, 0.4) is 0 Å². The molecule has 1 saturated carbocycles. The second-order valence-electron chi connectivity index (χ2n) is 4.71. The van der Waals surface area contributed by atoms with Crippen LogP contribution in [0.2, 0.25) is 0 Å². The topological polar surface area (TPSA) is 55.6 Å². The number of benzene rings is 1. The zero-order valence-corrected chi connectivity index (χ0v) is 12.0. The Bertz CT molecular complexity index is 608. The van der Waals surface area contributed by atoms with Gasteiger partial charge < -0.3 is 5.32 Å². The van der Waals surface area contributed by atoms with Crippen LogP contribution < -0.4 is 5.32 Å². The summed E-state index contributed by atoms with van der Waals surface area (Å²) in [4.78, 5) is 0. The van der Waals surface area contributed by atoms with Gasteiger partial charge in [0.1, 0.15) is 5.82 Å². The van der Waals surface area contributed by atoms with E-state index < -0.39 is 0 Å². The molecule has 1 N–H and O–H groups in total. The predicted octanol–water partition coefficient (Wildman–Crippen LogP) is 2.12. The lowest BCUT2D eigenvalue weighted by atomic mass is 10.2. The summed E-state index contributed by atoms with van der Waals surface area (Å²) < 4.78 is 15.5. The Labute approximate surface area is 118 Å². The Morgan fingerprint density at radius 3 is 3.00 bits per heavy atom. The average molecular weight is 326 g/mol. The second-order valence-corrected chi connectivity index (χ2v) is 5.57. The Kier molecular flexibility index (Phi) is 3.32. The molecule has 1 aliphatic carbocycles. The maximum atomic E-state index is 13.4. The first-order valence-electron chi connectivity index (χ1n) is 6.12. The number of hydrogen-bond donors (Lipinski definition) is 1. The minimum atomic E-state index is -0.285. The third-order valence-electron chi connectivity index (χ3n) is 3.13. The fourth-order valence-electron chi connectivity index (χ4n) is 1.89. The molecule has 0 spiro atoms. The maximum absolute atomic E-state index is 13.4. The largest absolute Gasteiger partial charge is 0.307 e. The lowest BCUT2D eigenvalue weighted by molar-refractivity contribution is 0.615. The van der Waals surface area contributed by atoms with E-state index in [9.17, 15) is 4.39 Å². The first kappa shape index (κ1) is 12.7. The van der Waals surface area contributed by atoms with Crippen LogP contribution in [0.25, 0.3) is 5.69 Å². The van der Waals surface area contributed by atoms with Crippen molar-refractivity contribution in [2.45, 2.75) is 32.4 Å². The third kappa shape index (κ3) is 2.66. The highest BCUT2D eigenvalue weighted by molar-refractivity contribution is 9.10. The summed E-state index contributed by atoms with van der Waals surface area (Å²) in [6.07, 6.45) is 2.42. The van der Waals surface area contributed by atoms with Crippen molar-refractivity contribution in [3.8, 4) is 5.69 Å². The van der Waals surface area contributed by atoms with Crippen LogP contribution in [0.1, 0.15) is 24.2 Å². The molecular weight excluding hydrogens is 313 g/mol. The molecule has 0 atom stereocenters. The van der Waals surface area contributed by atoms with Crippen LogP contribution in [0.4, 0.5) is 4.39 Å². The number of nitrogens with zero attached hydrogens (tertiary/aromatic N) is 4. The van der Waals surface area contributed by atoms with Crippen LogP contribution in [0.15, 0.2) is 16.6 Å². The molecule has 0 saturated heterocycles. The molecule has 2 aromatic rings. The van der Waals surface area contributed by atoms with E-state index >= 15 is 0 Å². The van der Waals surface area contributed by atoms with Crippen molar-refractivity contribution >= 4 is 15.9 Å². The molecule has 3 rings (SSSR count). The fourth-order valence-corrected chi connectivity index (χ4v) is 2.22. The molecule has 1 aliphatic rings. The van der Waals surface area contributed by atoms with E-state index in [0.717, 1.165) is 17.1 Å². The number of halogens is 2. The lowest BCUT2D eigenvalue weighted by Crippen LogP contribution is -2.19. The van der Waals surface area contributed by atoms with E-state index in [2.05, 4.69) is 36.8 Å². The molecule has 100 valence electrons. The van der Waals surface area contributed by atoms with Gasteiger partial charge in [-0.25, -0.2) is 4.39 Å². The highest BCUT2D eigenvalue weighted by Crippen LogP contribution is 2.24. The van der Waals surface area contributed by atoms with Gasteiger partial charge in [0.05, 0.1) is 16.7 Å². The van der Waals surface area contributed by atoms with Crippen molar-refractivity contribution in [2.24, 2.45) is 0 Å². The van der Waals surface area contributed by atoms with Crippen LogP contribution in [0.5, 0.6) is 0 Å². The van der Waals surface area contributed by atoms with E-state index in [1.807, 2.05) is 6.92 Å². The van der Waals surface area contributed by atoms with E-state index in [-0.39, 0.29) is 5.82 Å². The van der Waals surface area contributed by atoms with Gasteiger partial charge in [0.25, 0.3) is 0 Å². The molecule has 0 unspecified atom stereocenters. The fraction of sp³-hybridized carbons (Fsp3) is 0.417. The molecule has 0 amide bonds. The molecule has 7 heteroatoms. The number of hydrogen-bond acceptors (Lipinski definition) is 4. The van der Waals surface area contributed by atoms with Gasteiger partial charge >= 0.3 is 0 Å².